The molecule has 0 radical (unpaired) electrons. The van der Waals surface area contributed by atoms with Crippen LogP contribution in [0, 0.1) is 0 Å². The minimum absolute atomic E-state index is 0.927. The molecule has 0 unspecified atom stereocenters. The van der Waals surface area contributed by atoms with E-state index in [4.69, 9.17) is 5.84 Å². The van der Waals surface area contributed by atoms with Gasteiger partial charge in [0.1, 0.15) is 0 Å². The topological polar surface area (TPSA) is 50.9 Å². The van der Waals surface area contributed by atoms with Crippen molar-refractivity contribution in [2.24, 2.45) is 5.84 Å². The lowest BCUT2D eigenvalue weighted by molar-refractivity contribution is 0.777. The summed E-state index contributed by atoms with van der Waals surface area (Å²) in [4.78, 5) is 4.23. The Labute approximate surface area is 73.0 Å². The van der Waals surface area contributed by atoms with Gasteiger partial charge in [0.15, 0.2) is 0 Å². The van der Waals surface area contributed by atoms with Crippen molar-refractivity contribution in [3.05, 3.63) is 24.0 Å². The number of pyridine rings is 1. The third-order valence-electron chi connectivity index (χ3n) is 1.77. The lowest BCUT2D eigenvalue weighted by Gasteiger charge is -2.02. The van der Waals surface area contributed by atoms with E-state index in [9.17, 15) is 0 Å². The smallest absolute Gasteiger partial charge is 0.0518 e. The number of anilines is 1. The Morgan fingerprint density at radius 1 is 1.58 bits per heavy atom. The molecule has 0 aliphatic heterocycles. The van der Waals surface area contributed by atoms with E-state index in [2.05, 4.69) is 17.3 Å². The molecule has 66 valence electrons. The second-order valence-corrected chi connectivity index (χ2v) is 2.78. The molecular weight excluding hydrogens is 150 g/mol. The second-order valence-electron chi connectivity index (χ2n) is 2.78. The van der Waals surface area contributed by atoms with Crippen molar-refractivity contribution in [2.45, 2.75) is 26.2 Å². The van der Waals surface area contributed by atoms with Crippen LogP contribution in [0.3, 0.4) is 0 Å². The third-order valence-corrected chi connectivity index (χ3v) is 1.77. The number of aromatic nitrogens is 1. The molecule has 0 aliphatic carbocycles. The average molecular weight is 165 g/mol. The van der Waals surface area contributed by atoms with Crippen molar-refractivity contribution >= 4 is 5.69 Å². The molecule has 3 nitrogen and oxygen atoms in total. The average Bonchev–Trinajstić information content (AvgIpc) is 2.15. The van der Waals surface area contributed by atoms with Gasteiger partial charge >= 0.3 is 0 Å². The molecule has 0 saturated carbocycles. The first-order valence-electron chi connectivity index (χ1n) is 4.28. The molecule has 1 aromatic rings. The fourth-order valence-corrected chi connectivity index (χ4v) is 1.06. The number of hydrazine groups is 1. The number of hydrogen-bond acceptors (Lipinski definition) is 3. The lowest BCUT2D eigenvalue weighted by Crippen LogP contribution is -2.07. The van der Waals surface area contributed by atoms with Crippen LogP contribution in [0.15, 0.2) is 18.3 Å². The van der Waals surface area contributed by atoms with Gasteiger partial charge in [-0.2, -0.15) is 0 Å². The number of nitrogen functional groups attached to an aromatic ring is 1. The Kier molecular flexibility index (Phi) is 3.54. The first-order valence-corrected chi connectivity index (χ1v) is 4.28. The van der Waals surface area contributed by atoms with Crippen molar-refractivity contribution in [1.82, 2.24) is 4.98 Å². The van der Waals surface area contributed by atoms with Crippen LogP contribution in [0.5, 0.6) is 0 Å². The van der Waals surface area contributed by atoms with Crippen molar-refractivity contribution in [1.29, 1.82) is 0 Å². The van der Waals surface area contributed by atoms with E-state index in [1.807, 2.05) is 12.1 Å². The molecule has 0 amide bonds. The van der Waals surface area contributed by atoms with Crippen LogP contribution in [-0.4, -0.2) is 4.98 Å². The maximum atomic E-state index is 5.27. The van der Waals surface area contributed by atoms with Crippen LogP contribution in [0.4, 0.5) is 5.69 Å². The summed E-state index contributed by atoms with van der Waals surface area (Å²) in [6, 6.07) is 3.84. The molecule has 0 spiro atoms. The molecule has 0 atom stereocenters. The molecule has 12 heavy (non-hydrogen) atoms. The van der Waals surface area contributed by atoms with Gasteiger partial charge in [0.2, 0.25) is 0 Å². The summed E-state index contributed by atoms with van der Waals surface area (Å²) in [5.41, 5.74) is 4.63. The second kappa shape index (κ2) is 4.72. The molecule has 0 bridgehead atoms. The number of unbranched alkanes of at least 4 members (excludes halogenated alkanes) is 1. The highest BCUT2D eigenvalue weighted by molar-refractivity contribution is 5.41. The van der Waals surface area contributed by atoms with E-state index >= 15 is 0 Å². The zero-order valence-corrected chi connectivity index (χ0v) is 7.38. The third kappa shape index (κ3) is 2.51. The summed E-state index contributed by atoms with van der Waals surface area (Å²) in [5, 5.41) is 0. The number of hydrogen-bond donors (Lipinski definition) is 2. The summed E-state index contributed by atoms with van der Waals surface area (Å²) >= 11 is 0. The van der Waals surface area contributed by atoms with E-state index in [0.29, 0.717) is 0 Å². The van der Waals surface area contributed by atoms with Gasteiger partial charge in [-0.3, -0.25) is 10.8 Å². The minimum Gasteiger partial charge on any atom is -0.324 e. The number of nitrogens with zero attached hydrogens (tertiary/aromatic N) is 1. The highest BCUT2D eigenvalue weighted by Crippen LogP contribution is 2.08. The van der Waals surface area contributed by atoms with E-state index in [1.54, 1.807) is 6.20 Å². The van der Waals surface area contributed by atoms with Crippen molar-refractivity contribution in [2.75, 3.05) is 5.43 Å². The molecule has 3 heteroatoms. The molecule has 1 aromatic heterocycles. The summed E-state index contributed by atoms with van der Waals surface area (Å²) < 4.78 is 0. The van der Waals surface area contributed by atoms with Gasteiger partial charge in [0.25, 0.3) is 0 Å². The van der Waals surface area contributed by atoms with Gasteiger partial charge in [-0.05, 0) is 25.0 Å². The molecule has 1 heterocycles. The standard InChI is InChI=1S/C9H15N3/c1-2-3-4-8-7-9(12-10)5-6-11-8/h5-7H,2-4,10H2,1H3,(H,11,12). The predicted molar refractivity (Wildman–Crippen MR) is 50.7 cm³/mol. The van der Waals surface area contributed by atoms with Crippen molar-refractivity contribution in [3.63, 3.8) is 0 Å². The largest absolute Gasteiger partial charge is 0.324 e. The van der Waals surface area contributed by atoms with Crippen LogP contribution < -0.4 is 11.3 Å². The van der Waals surface area contributed by atoms with E-state index in [1.165, 1.54) is 12.8 Å². The Morgan fingerprint density at radius 3 is 3.08 bits per heavy atom. The number of nitrogens with one attached hydrogen (secondary N) is 1. The SMILES string of the molecule is CCCCc1cc(NN)ccn1. The van der Waals surface area contributed by atoms with Crippen molar-refractivity contribution in [3.8, 4) is 0 Å². The molecular formula is C9H15N3. The van der Waals surface area contributed by atoms with Crippen LogP contribution in [0.1, 0.15) is 25.5 Å². The van der Waals surface area contributed by atoms with E-state index in [-0.39, 0.29) is 0 Å². The molecule has 0 fully saturated rings. The summed E-state index contributed by atoms with van der Waals surface area (Å²) in [6.45, 7) is 2.17. The molecule has 0 saturated heterocycles. The van der Waals surface area contributed by atoms with Crippen LogP contribution >= 0.6 is 0 Å². The lowest BCUT2D eigenvalue weighted by atomic mass is 10.2. The Hall–Kier alpha value is -1.09. The highest BCUT2D eigenvalue weighted by atomic mass is 15.2. The molecule has 0 aliphatic rings. The summed E-state index contributed by atoms with van der Waals surface area (Å²) in [5.74, 6) is 5.27. The van der Waals surface area contributed by atoms with Crippen LogP contribution in [0.25, 0.3) is 0 Å². The Balaban J connectivity index is 2.60. The van der Waals surface area contributed by atoms with Crippen LogP contribution in [0.2, 0.25) is 0 Å². The quantitative estimate of drug-likeness (QED) is 0.527. The minimum atomic E-state index is 0.927. The molecule has 0 aromatic carbocycles. The van der Waals surface area contributed by atoms with Gasteiger partial charge in [-0.25, -0.2) is 0 Å². The fourth-order valence-electron chi connectivity index (χ4n) is 1.06. The maximum absolute atomic E-state index is 5.27. The number of nitrogens with two attached hydrogens (primary N) is 1. The highest BCUT2D eigenvalue weighted by Gasteiger charge is 1.94. The fraction of sp³-hybridized carbons (Fsp3) is 0.444. The van der Waals surface area contributed by atoms with Gasteiger partial charge in [0.05, 0.1) is 5.69 Å². The van der Waals surface area contributed by atoms with Gasteiger partial charge in [-0.15, -0.1) is 0 Å². The van der Waals surface area contributed by atoms with Crippen LogP contribution in [-0.2, 0) is 6.42 Å². The molecule has 3 N–H and O–H groups in total. The van der Waals surface area contributed by atoms with Crippen molar-refractivity contribution < 1.29 is 0 Å². The predicted octanol–water partition coefficient (Wildman–Crippen LogP) is 1.71. The first kappa shape index (κ1) is 9.00. The van der Waals surface area contributed by atoms with E-state index in [0.717, 1.165) is 17.8 Å². The maximum Gasteiger partial charge on any atom is 0.0518 e. The number of aryl methyl sites for hydroxylation is 1. The first-order chi connectivity index (χ1) is 5.86. The van der Waals surface area contributed by atoms with Gasteiger partial charge in [-0.1, -0.05) is 13.3 Å². The summed E-state index contributed by atoms with van der Waals surface area (Å²) in [6.07, 6.45) is 5.19. The van der Waals surface area contributed by atoms with E-state index < -0.39 is 0 Å². The Bertz CT molecular complexity index is 235. The monoisotopic (exact) mass is 165 g/mol. The number of rotatable bonds is 4. The molecule has 1 rings (SSSR count). The zero-order valence-electron chi connectivity index (χ0n) is 7.38. The normalized spacial score (nSPS) is 9.83. The van der Waals surface area contributed by atoms with Gasteiger partial charge < -0.3 is 5.43 Å². The van der Waals surface area contributed by atoms with Gasteiger partial charge in [0, 0.05) is 11.9 Å². The Morgan fingerprint density at radius 2 is 2.42 bits per heavy atom. The summed E-state index contributed by atoms with van der Waals surface area (Å²) in [7, 11) is 0. The zero-order chi connectivity index (χ0) is 8.81.